The molecule has 7 heteroatoms. The number of nitrogens with zero attached hydrogens (tertiary/aromatic N) is 5. The van der Waals surface area contributed by atoms with Crippen LogP contribution in [0.2, 0.25) is 0 Å². The second-order valence-corrected chi connectivity index (χ2v) is 6.86. The number of aryl methyl sites for hydroxylation is 1. The molecule has 0 aromatic carbocycles. The van der Waals surface area contributed by atoms with Gasteiger partial charge in [0.1, 0.15) is 5.82 Å². The molecule has 2 saturated heterocycles. The van der Waals surface area contributed by atoms with E-state index in [1.807, 2.05) is 33.8 Å². The van der Waals surface area contributed by atoms with Crippen LogP contribution in [0.5, 0.6) is 0 Å². The Kier molecular flexibility index (Phi) is 5.18. The number of carbonyl (C=O) groups excluding carboxylic acids is 2. The van der Waals surface area contributed by atoms with Gasteiger partial charge in [-0.2, -0.15) is 0 Å². The largest absolute Gasteiger partial charge is 0.342 e. The van der Waals surface area contributed by atoms with Crippen LogP contribution in [-0.4, -0.2) is 75.3 Å². The summed E-state index contributed by atoms with van der Waals surface area (Å²) in [6, 6.07) is 0. The molecule has 0 radical (unpaired) electrons. The lowest BCUT2D eigenvalue weighted by atomic mass is 9.96. The van der Waals surface area contributed by atoms with Crippen LogP contribution in [0.25, 0.3) is 0 Å². The highest BCUT2D eigenvalue weighted by atomic mass is 16.2. The van der Waals surface area contributed by atoms with Gasteiger partial charge in [-0.25, -0.2) is 4.98 Å². The molecule has 2 aliphatic rings. The molecule has 2 fully saturated rings. The monoisotopic (exact) mass is 333 g/mol. The number of hydrogen-bond acceptors (Lipinski definition) is 4. The van der Waals surface area contributed by atoms with Gasteiger partial charge in [-0.05, 0) is 12.8 Å². The van der Waals surface area contributed by atoms with E-state index in [-0.39, 0.29) is 17.7 Å². The van der Waals surface area contributed by atoms with Crippen LogP contribution in [0, 0.1) is 5.92 Å². The summed E-state index contributed by atoms with van der Waals surface area (Å²) in [7, 11) is 2.01. The molecule has 3 heterocycles. The SMILES string of the molecule is CC(=O)N1CCC[C@@H](C(=O)N2CCN(Cc3nccn3C)CC2)C1. The lowest BCUT2D eigenvalue weighted by Gasteiger charge is -2.38. The third kappa shape index (κ3) is 3.77. The zero-order valence-corrected chi connectivity index (χ0v) is 14.6. The summed E-state index contributed by atoms with van der Waals surface area (Å²) in [6.45, 7) is 7.07. The maximum Gasteiger partial charge on any atom is 0.227 e. The second-order valence-electron chi connectivity index (χ2n) is 6.86. The molecule has 3 rings (SSSR count). The van der Waals surface area contributed by atoms with E-state index in [1.54, 1.807) is 6.92 Å². The highest BCUT2D eigenvalue weighted by Crippen LogP contribution is 2.20. The first kappa shape index (κ1) is 17.0. The van der Waals surface area contributed by atoms with Crippen molar-refractivity contribution in [2.45, 2.75) is 26.3 Å². The predicted molar refractivity (Wildman–Crippen MR) is 90.0 cm³/mol. The van der Waals surface area contributed by atoms with Gasteiger partial charge in [0.25, 0.3) is 0 Å². The maximum absolute atomic E-state index is 12.8. The molecule has 2 aliphatic heterocycles. The smallest absolute Gasteiger partial charge is 0.227 e. The van der Waals surface area contributed by atoms with Crippen LogP contribution in [0.15, 0.2) is 12.4 Å². The Morgan fingerprint density at radius 1 is 1.17 bits per heavy atom. The fraction of sp³-hybridized carbons (Fsp3) is 0.706. The highest BCUT2D eigenvalue weighted by Gasteiger charge is 2.31. The Bertz CT molecular complexity index is 592. The second kappa shape index (κ2) is 7.34. The van der Waals surface area contributed by atoms with E-state index in [0.717, 1.165) is 57.9 Å². The minimum Gasteiger partial charge on any atom is -0.342 e. The van der Waals surface area contributed by atoms with Gasteiger partial charge in [0, 0.05) is 65.6 Å². The molecule has 1 aromatic heterocycles. The van der Waals surface area contributed by atoms with E-state index in [2.05, 4.69) is 9.88 Å². The van der Waals surface area contributed by atoms with Crippen molar-refractivity contribution in [3.05, 3.63) is 18.2 Å². The molecule has 1 aromatic rings. The van der Waals surface area contributed by atoms with Gasteiger partial charge in [0.15, 0.2) is 0 Å². The molecule has 132 valence electrons. The van der Waals surface area contributed by atoms with Crippen molar-refractivity contribution in [3.63, 3.8) is 0 Å². The number of rotatable bonds is 3. The van der Waals surface area contributed by atoms with Crippen LogP contribution < -0.4 is 0 Å². The molecule has 2 amide bonds. The molecular weight excluding hydrogens is 306 g/mol. The predicted octanol–water partition coefficient (Wildman–Crippen LogP) is 0.323. The van der Waals surface area contributed by atoms with Crippen molar-refractivity contribution in [2.75, 3.05) is 39.3 Å². The molecule has 7 nitrogen and oxygen atoms in total. The van der Waals surface area contributed by atoms with Crippen molar-refractivity contribution >= 4 is 11.8 Å². The first-order valence-electron chi connectivity index (χ1n) is 8.77. The quantitative estimate of drug-likeness (QED) is 0.799. The molecular formula is C17H27N5O2. The van der Waals surface area contributed by atoms with E-state index in [4.69, 9.17) is 0 Å². The maximum atomic E-state index is 12.8. The highest BCUT2D eigenvalue weighted by molar-refractivity contribution is 5.81. The number of imidazole rings is 1. The first-order chi connectivity index (χ1) is 11.5. The lowest BCUT2D eigenvalue weighted by molar-refractivity contribution is -0.141. The first-order valence-corrected chi connectivity index (χ1v) is 8.77. The van der Waals surface area contributed by atoms with Gasteiger partial charge in [-0.1, -0.05) is 0 Å². The minimum absolute atomic E-state index is 0.0243. The number of hydrogen-bond donors (Lipinski definition) is 0. The number of carbonyl (C=O) groups is 2. The Morgan fingerprint density at radius 3 is 2.54 bits per heavy atom. The summed E-state index contributed by atoms with van der Waals surface area (Å²) in [5.74, 6) is 1.33. The number of likely N-dealkylation sites (tertiary alicyclic amines) is 1. The fourth-order valence-corrected chi connectivity index (χ4v) is 3.60. The molecule has 0 saturated carbocycles. The van der Waals surface area contributed by atoms with Crippen molar-refractivity contribution in [1.29, 1.82) is 0 Å². The molecule has 0 bridgehead atoms. The van der Waals surface area contributed by atoms with E-state index in [0.29, 0.717) is 6.54 Å². The average Bonchev–Trinajstić information content (AvgIpc) is 3.00. The number of piperidine rings is 1. The van der Waals surface area contributed by atoms with Crippen LogP contribution in [0.4, 0.5) is 0 Å². The van der Waals surface area contributed by atoms with Crippen LogP contribution >= 0.6 is 0 Å². The normalized spacial score (nSPS) is 22.7. The van der Waals surface area contributed by atoms with Crippen molar-refractivity contribution in [2.24, 2.45) is 13.0 Å². The third-order valence-corrected chi connectivity index (χ3v) is 5.19. The Hall–Kier alpha value is -1.89. The summed E-state index contributed by atoms with van der Waals surface area (Å²) in [6.07, 6.45) is 5.60. The third-order valence-electron chi connectivity index (χ3n) is 5.19. The number of piperazine rings is 1. The topological polar surface area (TPSA) is 61.7 Å². The van der Waals surface area contributed by atoms with E-state index < -0.39 is 0 Å². The number of amides is 2. The summed E-state index contributed by atoms with van der Waals surface area (Å²) in [4.78, 5) is 34.8. The van der Waals surface area contributed by atoms with Crippen LogP contribution in [0.1, 0.15) is 25.6 Å². The van der Waals surface area contributed by atoms with Crippen molar-refractivity contribution in [3.8, 4) is 0 Å². The molecule has 24 heavy (non-hydrogen) atoms. The van der Waals surface area contributed by atoms with Crippen LogP contribution in [0.3, 0.4) is 0 Å². The Morgan fingerprint density at radius 2 is 1.92 bits per heavy atom. The van der Waals surface area contributed by atoms with E-state index in [1.165, 1.54) is 0 Å². The van der Waals surface area contributed by atoms with Gasteiger partial charge in [0.2, 0.25) is 11.8 Å². The van der Waals surface area contributed by atoms with E-state index >= 15 is 0 Å². The van der Waals surface area contributed by atoms with Crippen LogP contribution in [-0.2, 0) is 23.2 Å². The van der Waals surface area contributed by atoms with Gasteiger partial charge < -0.3 is 14.4 Å². The zero-order chi connectivity index (χ0) is 17.1. The summed E-state index contributed by atoms with van der Waals surface area (Å²) in [5, 5.41) is 0. The van der Waals surface area contributed by atoms with Gasteiger partial charge in [-0.3, -0.25) is 14.5 Å². The zero-order valence-electron chi connectivity index (χ0n) is 14.6. The fourth-order valence-electron chi connectivity index (χ4n) is 3.60. The number of aromatic nitrogens is 2. The average molecular weight is 333 g/mol. The summed E-state index contributed by atoms with van der Waals surface area (Å²) >= 11 is 0. The Labute approximate surface area is 143 Å². The van der Waals surface area contributed by atoms with Gasteiger partial charge in [0.05, 0.1) is 12.5 Å². The summed E-state index contributed by atoms with van der Waals surface area (Å²) in [5.41, 5.74) is 0. The molecule has 0 aliphatic carbocycles. The molecule has 0 unspecified atom stereocenters. The lowest BCUT2D eigenvalue weighted by Crippen LogP contribution is -2.52. The van der Waals surface area contributed by atoms with Crippen molar-refractivity contribution < 1.29 is 9.59 Å². The standard InChI is InChI=1S/C17H27N5O2/c1-14(23)22-6-3-4-15(12-22)17(24)21-10-8-20(9-11-21)13-16-18-5-7-19(16)2/h5,7,15H,3-4,6,8-13H2,1-2H3/t15-/m1/s1. The van der Waals surface area contributed by atoms with Gasteiger partial charge in [-0.15, -0.1) is 0 Å². The molecule has 0 N–H and O–H groups in total. The molecule has 0 spiro atoms. The molecule has 1 atom stereocenters. The Balaban J connectivity index is 1.50. The summed E-state index contributed by atoms with van der Waals surface area (Å²) < 4.78 is 2.04. The van der Waals surface area contributed by atoms with Gasteiger partial charge >= 0.3 is 0 Å². The van der Waals surface area contributed by atoms with E-state index in [9.17, 15) is 9.59 Å². The minimum atomic E-state index is -0.0243. The van der Waals surface area contributed by atoms with Crippen molar-refractivity contribution in [1.82, 2.24) is 24.3 Å².